The van der Waals surface area contributed by atoms with Crippen LogP contribution in [0.15, 0.2) is 24.3 Å². The van der Waals surface area contributed by atoms with Gasteiger partial charge in [-0.1, -0.05) is 0 Å². The van der Waals surface area contributed by atoms with E-state index in [2.05, 4.69) is 20.8 Å². The zero-order valence-electron chi connectivity index (χ0n) is 12.6. The summed E-state index contributed by atoms with van der Waals surface area (Å²) in [4.78, 5) is 11.7. The van der Waals surface area contributed by atoms with Gasteiger partial charge in [0.05, 0.1) is 12.6 Å². The van der Waals surface area contributed by atoms with Gasteiger partial charge in [-0.05, 0) is 48.5 Å². The molecule has 0 aliphatic heterocycles. The van der Waals surface area contributed by atoms with Gasteiger partial charge >= 0.3 is 0 Å². The molecule has 0 saturated carbocycles. The molecule has 0 bridgehead atoms. The smallest absolute Gasteiger partial charge is 0.251 e. The van der Waals surface area contributed by atoms with Crippen LogP contribution in [0.5, 0.6) is 5.75 Å². The lowest BCUT2D eigenvalue weighted by Gasteiger charge is -2.09. The molecule has 0 saturated heterocycles. The molecule has 22 heavy (non-hydrogen) atoms. The average Bonchev–Trinajstić information content (AvgIpc) is 3.00. The van der Waals surface area contributed by atoms with Crippen LogP contribution in [-0.2, 0) is 6.61 Å². The standard InChI is InChI=1S/C14H19N5O3/c1-10(2)19-13(16-17-18-19)9-22-12-5-3-11(4-6-12)14(21)15-7-8-20/h3-6,10,20H,7-9H2,1-2H3,(H,15,21). The zero-order valence-corrected chi connectivity index (χ0v) is 12.6. The molecule has 8 nitrogen and oxygen atoms in total. The van der Waals surface area contributed by atoms with Crippen molar-refractivity contribution in [2.45, 2.75) is 26.5 Å². The van der Waals surface area contributed by atoms with Crippen LogP contribution in [0.3, 0.4) is 0 Å². The molecule has 0 aliphatic carbocycles. The van der Waals surface area contributed by atoms with Crippen LogP contribution in [0, 0.1) is 0 Å². The summed E-state index contributed by atoms with van der Waals surface area (Å²) in [5.41, 5.74) is 0.507. The predicted molar refractivity (Wildman–Crippen MR) is 78.4 cm³/mol. The van der Waals surface area contributed by atoms with Crippen LogP contribution >= 0.6 is 0 Å². The largest absolute Gasteiger partial charge is 0.486 e. The molecule has 2 N–H and O–H groups in total. The summed E-state index contributed by atoms with van der Waals surface area (Å²) >= 11 is 0. The molecule has 2 aromatic rings. The first kappa shape index (κ1) is 15.9. The first-order chi connectivity index (χ1) is 10.6. The number of hydrogen-bond acceptors (Lipinski definition) is 6. The lowest BCUT2D eigenvalue weighted by molar-refractivity contribution is 0.0944. The van der Waals surface area contributed by atoms with Crippen molar-refractivity contribution in [1.29, 1.82) is 0 Å². The summed E-state index contributed by atoms with van der Waals surface area (Å²) in [5.74, 6) is 1.03. The van der Waals surface area contributed by atoms with Gasteiger partial charge in [-0.15, -0.1) is 5.10 Å². The summed E-state index contributed by atoms with van der Waals surface area (Å²) in [5, 5.41) is 22.7. The molecular formula is C14H19N5O3. The number of tetrazole rings is 1. The zero-order chi connectivity index (χ0) is 15.9. The van der Waals surface area contributed by atoms with E-state index in [0.717, 1.165) is 0 Å². The van der Waals surface area contributed by atoms with Crippen LogP contribution in [0.2, 0.25) is 0 Å². The lowest BCUT2D eigenvalue weighted by atomic mass is 10.2. The number of benzene rings is 1. The van der Waals surface area contributed by atoms with E-state index >= 15 is 0 Å². The van der Waals surface area contributed by atoms with Gasteiger partial charge in [0.15, 0.2) is 5.82 Å². The van der Waals surface area contributed by atoms with Gasteiger partial charge in [-0.3, -0.25) is 4.79 Å². The van der Waals surface area contributed by atoms with Crippen molar-refractivity contribution in [2.24, 2.45) is 0 Å². The number of nitrogens with zero attached hydrogens (tertiary/aromatic N) is 4. The number of aromatic nitrogens is 4. The topological polar surface area (TPSA) is 102 Å². The van der Waals surface area contributed by atoms with E-state index in [1.54, 1.807) is 28.9 Å². The first-order valence-corrected chi connectivity index (χ1v) is 7.00. The number of carbonyl (C=O) groups excluding carboxylic acids is 1. The highest BCUT2D eigenvalue weighted by Crippen LogP contribution is 2.14. The summed E-state index contributed by atoms with van der Waals surface area (Å²) in [6.07, 6.45) is 0. The molecule has 0 fully saturated rings. The fourth-order valence-corrected chi connectivity index (χ4v) is 1.83. The summed E-state index contributed by atoms with van der Waals surface area (Å²) in [6.45, 7) is 4.37. The third kappa shape index (κ3) is 4.01. The van der Waals surface area contributed by atoms with Crippen molar-refractivity contribution in [3.05, 3.63) is 35.7 Å². The number of rotatable bonds is 7. The van der Waals surface area contributed by atoms with Gasteiger partial charge in [0.1, 0.15) is 12.4 Å². The van der Waals surface area contributed by atoms with E-state index in [0.29, 0.717) is 17.1 Å². The lowest BCUT2D eigenvalue weighted by Crippen LogP contribution is -2.26. The summed E-state index contributed by atoms with van der Waals surface area (Å²) in [7, 11) is 0. The Labute approximate surface area is 128 Å². The molecule has 1 aromatic heterocycles. The van der Waals surface area contributed by atoms with Gasteiger partial charge in [0.25, 0.3) is 5.91 Å². The monoisotopic (exact) mass is 305 g/mol. The van der Waals surface area contributed by atoms with Crippen LogP contribution in [0.25, 0.3) is 0 Å². The number of aliphatic hydroxyl groups is 1. The molecule has 0 aliphatic rings. The number of hydrogen-bond donors (Lipinski definition) is 2. The second-order valence-corrected chi connectivity index (χ2v) is 4.93. The number of aliphatic hydroxyl groups excluding tert-OH is 1. The highest BCUT2D eigenvalue weighted by atomic mass is 16.5. The van der Waals surface area contributed by atoms with Crippen molar-refractivity contribution < 1.29 is 14.6 Å². The van der Waals surface area contributed by atoms with E-state index in [9.17, 15) is 4.79 Å². The normalized spacial score (nSPS) is 10.7. The van der Waals surface area contributed by atoms with Crippen LogP contribution in [-0.4, -0.2) is 44.4 Å². The molecule has 1 heterocycles. The Morgan fingerprint density at radius 2 is 2.09 bits per heavy atom. The van der Waals surface area contributed by atoms with Gasteiger partial charge < -0.3 is 15.2 Å². The Morgan fingerprint density at radius 3 is 2.73 bits per heavy atom. The fraction of sp³-hybridized carbons (Fsp3) is 0.429. The molecule has 1 amide bonds. The first-order valence-electron chi connectivity index (χ1n) is 7.00. The molecular weight excluding hydrogens is 286 g/mol. The molecule has 2 rings (SSSR count). The van der Waals surface area contributed by atoms with Crippen LogP contribution in [0.4, 0.5) is 0 Å². The quantitative estimate of drug-likeness (QED) is 0.774. The van der Waals surface area contributed by atoms with Crippen molar-refractivity contribution in [1.82, 2.24) is 25.5 Å². The minimum atomic E-state index is -0.232. The minimum absolute atomic E-state index is 0.0858. The van der Waals surface area contributed by atoms with E-state index in [-0.39, 0.29) is 31.7 Å². The maximum atomic E-state index is 11.7. The molecule has 118 valence electrons. The third-order valence-corrected chi connectivity index (χ3v) is 2.93. The van der Waals surface area contributed by atoms with E-state index in [1.807, 2.05) is 13.8 Å². The number of amides is 1. The highest BCUT2D eigenvalue weighted by Gasteiger charge is 2.10. The maximum absolute atomic E-state index is 11.7. The highest BCUT2D eigenvalue weighted by molar-refractivity contribution is 5.94. The van der Waals surface area contributed by atoms with Gasteiger partial charge in [-0.25, -0.2) is 4.68 Å². The van der Waals surface area contributed by atoms with E-state index in [1.165, 1.54) is 0 Å². The Morgan fingerprint density at radius 1 is 1.36 bits per heavy atom. The maximum Gasteiger partial charge on any atom is 0.251 e. The molecule has 8 heteroatoms. The number of carbonyl (C=O) groups is 1. The Hall–Kier alpha value is -2.48. The van der Waals surface area contributed by atoms with Crippen molar-refractivity contribution in [2.75, 3.05) is 13.2 Å². The average molecular weight is 305 g/mol. The van der Waals surface area contributed by atoms with Crippen molar-refractivity contribution in [3.63, 3.8) is 0 Å². The van der Waals surface area contributed by atoms with Crippen LogP contribution in [0.1, 0.15) is 36.1 Å². The number of nitrogens with one attached hydrogen (secondary N) is 1. The van der Waals surface area contributed by atoms with Gasteiger partial charge in [-0.2, -0.15) is 0 Å². The molecule has 1 aromatic carbocycles. The number of ether oxygens (including phenoxy) is 1. The van der Waals surface area contributed by atoms with E-state index in [4.69, 9.17) is 9.84 Å². The minimum Gasteiger partial charge on any atom is -0.486 e. The van der Waals surface area contributed by atoms with Crippen LogP contribution < -0.4 is 10.1 Å². The van der Waals surface area contributed by atoms with Gasteiger partial charge in [0, 0.05) is 12.1 Å². The summed E-state index contributed by atoms with van der Waals surface area (Å²) < 4.78 is 7.31. The molecule has 0 spiro atoms. The third-order valence-electron chi connectivity index (χ3n) is 2.93. The van der Waals surface area contributed by atoms with Crippen molar-refractivity contribution in [3.8, 4) is 5.75 Å². The fourth-order valence-electron chi connectivity index (χ4n) is 1.83. The Kier molecular flexibility index (Phi) is 5.42. The van der Waals surface area contributed by atoms with Gasteiger partial charge in [0.2, 0.25) is 0 Å². The summed E-state index contributed by atoms with van der Waals surface area (Å²) in [6, 6.07) is 6.89. The molecule has 0 unspecified atom stereocenters. The second kappa shape index (κ2) is 7.51. The van der Waals surface area contributed by atoms with Crippen molar-refractivity contribution >= 4 is 5.91 Å². The second-order valence-electron chi connectivity index (χ2n) is 4.93. The predicted octanol–water partition coefficient (Wildman–Crippen LogP) is 0.555. The SMILES string of the molecule is CC(C)n1nnnc1COc1ccc(C(=O)NCCO)cc1. The Balaban J connectivity index is 1.94. The molecule has 0 radical (unpaired) electrons. The Bertz CT molecular complexity index is 609. The molecule has 0 atom stereocenters. The van der Waals surface area contributed by atoms with E-state index < -0.39 is 0 Å².